The van der Waals surface area contributed by atoms with E-state index in [0.29, 0.717) is 38.0 Å². The van der Waals surface area contributed by atoms with Crippen molar-refractivity contribution in [2.24, 2.45) is 0 Å². The van der Waals surface area contributed by atoms with Crippen LogP contribution >= 0.6 is 0 Å². The Bertz CT molecular complexity index is 1420. The average Bonchev–Trinajstić information content (AvgIpc) is 3.10. The van der Waals surface area contributed by atoms with E-state index in [2.05, 4.69) is 10.6 Å². The minimum atomic E-state index is -4.01. The number of sulfonamides is 1. The number of nitrogens with one attached hydrogen (secondary N) is 3. The first-order valence-electron chi connectivity index (χ1n) is 12.3. The zero-order valence-corrected chi connectivity index (χ0v) is 21.9. The van der Waals surface area contributed by atoms with E-state index in [0.717, 1.165) is 22.3 Å². The van der Waals surface area contributed by atoms with Crippen LogP contribution in [0.1, 0.15) is 28.7 Å². The lowest BCUT2D eigenvalue weighted by atomic mass is 10.0. The largest absolute Gasteiger partial charge is 0.333 e. The molecule has 1 heterocycles. The van der Waals surface area contributed by atoms with Gasteiger partial charge in [0, 0.05) is 25.2 Å². The van der Waals surface area contributed by atoms with E-state index in [9.17, 15) is 22.8 Å². The SMILES string of the molecule is Cc1ccc(S(=O)(=O)NC(=O)Nc2ccc3c(c2)CCN(C(=O)NC(=O)CCc2ccccc2)CC3)cc1. The molecule has 0 unspecified atom stereocenters. The van der Waals surface area contributed by atoms with Crippen LogP contribution in [-0.2, 0) is 34.1 Å². The molecule has 0 saturated heterocycles. The molecule has 9 nitrogen and oxygen atoms in total. The van der Waals surface area contributed by atoms with E-state index in [1.807, 2.05) is 48.0 Å². The summed E-state index contributed by atoms with van der Waals surface area (Å²) in [6.45, 7) is 2.70. The fourth-order valence-electron chi connectivity index (χ4n) is 4.22. The molecular weight excluding hydrogens is 504 g/mol. The van der Waals surface area contributed by atoms with Crippen molar-refractivity contribution in [1.29, 1.82) is 0 Å². The van der Waals surface area contributed by atoms with Crippen LogP contribution in [0.2, 0.25) is 0 Å². The summed E-state index contributed by atoms with van der Waals surface area (Å²) in [6, 6.07) is 19.8. The van der Waals surface area contributed by atoms with Gasteiger partial charge in [0.05, 0.1) is 4.90 Å². The molecular formula is C28H30N4O5S. The Morgan fingerprint density at radius 2 is 1.55 bits per heavy atom. The number of hydrogen-bond acceptors (Lipinski definition) is 5. The van der Waals surface area contributed by atoms with Crippen molar-refractivity contribution in [3.8, 4) is 0 Å². The highest BCUT2D eigenvalue weighted by atomic mass is 32.2. The van der Waals surface area contributed by atoms with E-state index < -0.39 is 22.1 Å². The third-order valence-corrected chi connectivity index (χ3v) is 7.69. The summed E-state index contributed by atoms with van der Waals surface area (Å²) in [5.74, 6) is -0.321. The van der Waals surface area contributed by atoms with Crippen LogP contribution in [0.3, 0.4) is 0 Å². The van der Waals surface area contributed by atoms with Crippen LogP contribution in [0, 0.1) is 6.92 Å². The minimum absolute atomic E-state index is 0.00269. The Morgan fingerprint density at radius 3 is 2.26 bits per heavy atom. The number of carbonyl (C=O) groups excluding carboxylic acids is 3. The monoisotopic (exact) mass is 534 g/mol. The van der Waals surface area contributed by atoms with Crippen molar-refractivity contribution >= 4 is 33.7 Å². The van der Waals surface area contributed by atoms with Gasteiger partial charge in [-0.3, -0.25) is 10.1 Å². The molecule has 0 aromatic heterocycles. The summed E-state index contributed by atoms with van der Waals surface area (Å²) >= 11 is 0. The first-order chi connectivity index (χ1) is 18.2. The van der Waals surface area contributed by atoms with E-state index >= 15 is 0 Å². The maximum Gasteiger partial charge on any atom is 0.333 e. The Kier molecular flexibility index (Phi) is 8.42. The molecule has 1 aliphatic heterocycles. The second-order valence-electron chi connectivity index (χ2n) is 9.18. The Labute approximate surface area is 222 Å². The van der Waals surface area contributed by atoms with Crippen LogP contribution in [0.4, 0.5) is 15.3 Å². The summed E-state index contributed by atoms with van der Waals surface area (Å²) in [5, 5.41) is 5.05. The van der Waals surface area contributed by atoms with Gasteiger partial charge in [-0.15, -0.1) is 0 Å². The molecule has 0 saturated carbocycles. The smallest absolute Gasteiger partial charge is 0.324 e. The van der Waals surface area contributed by atoms with Crippen molar-refractivity contribution in [3.63, 3.8) is 0 Å². The number of nitrogens with zero attached hydrogens (tertiary/aromatic N) is 1. The molecule has 0 bridgehead atoms. The van der Waals surface area contributed by atoms with Crippen molar-refractivity contribution in [2.45, 2.75) is 37.5 Å². The van der Waals surface area contributed by atoms with Gasteiger partial charge in [0.15, 0.2) is 0 Å². The lowest BCUT2D eigenvalue weighted by molar-refractivity contribution is -0.120. The third kappa shape index (κ3) is 7.19. The van der Waals surface area contributed by atoms with Crippen molar-refractivity contribution < 1.29 is 22.8 Å². The molecule has 0 radical (unpaired) electrons. The lowest BCUT2D eigenvalue weighted by Crippen LogP contribution is -2.44. The fourth-order valence-corrected chi connectivity index (χ4v) is 5.13. The highest BCUT2D eigenvalue weighted by Gasteiger charge is 2.21. The number of fused-ring (bicyclic) bond motifs is 1. The molecule has 38 heavy (non-hydrogen) atoms. The topological polar surface area (TPSA) is 125 Å². The number of aryl methyl sites for hydroxylation is 2. The summed E-state index contributed by atoms with van der Waals surface area (Å²) in [6.07, 6.45) is 1.90. The van der Waals surface area contributed by atoms with E-state index in [-0.39, 0.29) is 17.2 Å². The summed E-state index contributed by atoms with van der Waals surface area (Å²) in [7, 11) is -4.01. The molecule has 5 amide bonds. The van der Waals surface area contributed by atoms with E-state index in [1.54, 1.807) is 29.2 Å². The number of anilines is 1. The fraction of sp³-hybridized carbons (Fsp3) is 0.250. The summed E-state index contributed by atoms with van der Waals surface area (Å²) in [4.78, 5) is 39.0. The Balaban J connectivity index is 1.30. The predicted molar refractivity (Wildman–Crippen MR) is 144 cm³/mol. The summed E-state index contributed by atoms with van der Waals surface area (Å²) in [5.41, 5.74) is 4.34. The number of hydrogen-bond donors (Lipinski definition) is 3. The zero-order chi connectivity index (χ0) is 27.1. The van der Waals surface area contributed by atoms with Gasteiger partial charge in [-0.2, -0.15) is 0 Å². The molecule has 0 atom stereocenters. The number of imide groups is 1. The van der Waals surface area contributed by atoms with Crippen LogP contribution in [0.25, 0.3) is 0 Å². The van der Waals surface area contributed by atoms with Crippen LogP contribution < -0.4 is 15.4 Å². The van der Waals surface area contributed by atoms with E-state index in [1.165, 1.54) is 12.1 Å². The van der Waals surface area contributed by atoms with Gasteiger partial charge in [0.2, 0.25) is 5.91 Å². The van der Waals surface area contributed by atoms with Crippen molar-refractivity contribution in [3.05, 3.63) is 95.1 Å². The minimum Gasteiger partial charge on any atom is -0.324 e. The van der Waals surface area contributed by atoms with E-state index in [4.69, 9.17) is 0 Å². The lowest BCUT2D eigenvalue weighted by Gasteiger charge is -2.20. The van der Waals surface area contributed by atoms with Gasteiger partial charge >= 0.3 is 12.1 Å². The Hall–Kier alpha value is -4.18. The van der Waals surface area contributed by atoms with Gasteiger partial charge in [-0.05, 0) is 67.1 Å². The second-order valence-corrected chi connectivity index (χ2v) is 10.9. The quantitative estimate of drug-likeness (QED) is 0.444. The number of benzene rings is 3. The Morgan fingerprint density at radius 1 is 0.868 bits per heavy atom. The number of urea groups is 2. The average molecular weight is 535 g/mol. The number of carbonyl (C=O) groups is 3. The molecule has 4 rings (SSSR count). The first kappa shape index (κ1) is 26.9. The molecule has 0 fully saturated rings. The van der Waals surface area contributed by atoms with Crippen LogP contribution in [-0.4, -0.2) is 44.4 Å². The highest BCUT2D eigenvalue weighted by molar-refractivity contribution is 7.90. The molecule has 3 N–H and O–H groups in total. The van der Waals surface area contributed by atoms with Gasteiger partial charge in [0.1, 0.15) is 0 Å². The standard InChI is InChI=1S/C28H30N4O5S/c1-20-7-12-25(13-8-20)38(36,37)31-27(34)29-24-11-10-22-15-17-32(18-16-23(22)19-24)28(35)30-26(33)14-9-21-5-3-2-4-6-21/h2-8,10-13,19H,9,14-18H2,1H3,(H2,29,31,34)(H,30,33,35). The highest BCUT2D eigenvalue weighted by Crippen LogP contribution is 2.21. The molecule has 10 heteroatoms. The van der Waals surface area contributed by atoms with Gasteiger partial charge < -0.3 is 10.2 Å². The predicted octanol–water partition coefficient (Wildman–Crippen LogP) is 3.78. The van der Waals surface area contributed by atoms with Crippen LogP contribution in [0.5, 0.6) is 0 Å². The van der Waals surface area contributed by atoms with Crippen LogP contribution in [0.15, 0.2) is 77.7 Å². The maximum atomic E-state index is 12.7. The second kappa shape index (κ2) is 11.9. The normalized spacial score (nSPS) is 13.1. The molecule has 3 aromatic carbocycles. The molecule has 3 aromatic rings. The van der Waals surface area contributed by atoms with Gasteiger partial charge in [-0.25, -0.2) is 22.7 Å². The van der Waals surface area contributed by atoms with Gasteiger partial charge in [0.25, 0.3) is 10.0 Å². The third-order valence-electron chi connectivity index (χ3n) is 6.34. The molecule has 198 valence electrons. The summed E-state index contributed by atoms with van der Waals surface area (Å²) < 4.78 is 27.0. The van der Waals surface area contributed by atoms with Crippen molar-refractivity contribution in [1.82, 2.24) is 14.9 Å². The molecule has 0 aliphatic carbocycles. The molecule has 1 aliphatic rings. The maximum absolute atomic E-state index is 12.7. The number of rotatable bonds is 6. The first-order valence-corrected chi connectivity index (χ1v) is 13.8. The zero-order valence-electron chi connectivity index (χ0n) is 21.1. The molecule has 0 spiro atoms. The van der Waals surface area contributed by atoms with Gasteiger partial charge in [-0.1, -0.05) is 54.1 Å². The van der Waals surface area contributed by atoms with Crippen molar-refractivity contribution in [2.75, 3.05) is 18.4 Å². The number of amides is 5.